The predicted molar refractivity (Wildman–Crippen MR) is 57.1 cm³/mol. The fourth-order valence-corrected chi connectivity index (χ4v) is 1.33. The number of nitrogens with two attached hydrogens (primary N) is 2. The summed E-state index contributed by atoms with van der Waals surface area (Å²) in [6.45, 7) is 0.872. The van der Waals surface area contributed by atoms with E-state index in [1.807, 2.05) is 0 Å². The van der Waals surface area contributed by atoms with E-state index < -0.39 is 0 Å². The van der Waals surface area contributed by atoms with Crippen LogP contribution in [0.5, 0.6) is 0 Å². The number of halogens is 1. The van der Waals surface area contributed by atoms with E-state index in [0.717, 1.165) is 12.5 Å². The highest BCUT2D eigenvalue weighted by atomic mass is 35.5. The Hall–Kier alpha value is -1.23. The van der Waals surface area contributed by atoms with Crippen molar-refractivity contribution in [1.29, 1.82) is 0 Å². The number of nitrogens with zero attached hydrogens (tertiary/aromatic N) is 2. The molecular formula is C8H12ClN5. The molecule has 0 unspecified atom stereocenters. The Morgan fingerprint density at radius 3 is 2.71 bits per heavy atom. The maximum absolute atomic E-state index is 5.75. The molecule has 0 aromatic carbocycles. The van der Waals surface area contributed by atoms with E-state index in [2.05, 4.69) is 15.3 Å². The molecule has 0 spiro atoms. The van der Waals surface area contributed by atoms with E-state index in [1.165, 1.54) is 12.8 Å². The number of hydrogen-bond donors (Lipinski definition) is 3. The minimum Gasteiger partial charge on any atom is -0.393 e. The van der Waals surface area contributed by atoms with Gasteiger partial charge in [0.15, 0.2) is 11.0 Å². The van der Waals surface area contributed by atoms with E-state index in [4.69, 9.17) is 23.1 Å². The molecule has 1 saturated carbocycles. The summed E-state index contributed by atoms with van der Waals surface area (Å²) in [6, 6.07) is 0. The van der Waals surface area contributed by atoms with Gasteiger partial charge in [-0.3, -0.25) is 0 Å². The van der Waals surface area contributed by atoms with Crippen molar-refractivity contribution in [2.24, 2.45) is 5.92 Å². The number of nitrogens with one attached hydrogen (secondary N) is 1. The fourth-order valence-electron chi connectivity index (χ4n) is 1.16. The van der Waals surface area contributed by atoms with Crippen LogP contribution in [0.4, 0.5) is 17.5 Å². The van der Waals surface area contributed by atoms with E-state index in [1.54, 1.807) is 0 Å². The van der Waals surface area contributed by atoms with Crippen molar-refractivity contribution in [3.63, 3.8) is 0 Å². The van der Waals surface area contributed by atoms with Crippen LogP contribution in [-0.2, 0) is 0 Å². The van der Waals surface area contributed by atoms with Gasteiger partial charge in [-0.25, -0.2) is 0 Å². The standard InChI is InChI=1S/C8H12ClN5/c9-6-5(10)7(14-8(11)13-6)12-3-4-1-2-4/h4H,1-3,10H2,(H3,11,12,13,14). The minimum absolute atomic E-state index is 0.141. The molecule has 1 aliphatic carbocycles. The Bertz CT molecular complexity index is 350. The zero-order valence-corrected chi connectivity index (χ0v) is 8.38. The highest BCUT2D eigenvalue weighted by Gasteiger charge is 2.21. The Labute approximate surface area is 86.9 Å². The van der Waals surface area contributed by atoms with Crippen molar-refractivity contribution in [2.75, 3.05) is 23.3 Å². The van der Waals surface area contributed by atoms with Gasteiger partial charge in [0, 0.05) is 6.54 Å². The number of rotatable bonds is 3. The Morgan fingerprint density at radius 1 is 1.36 bits per heavy atom. The Kier molecular flexibility index (Phi) is 2.33. The van der Waals surface area contributed by atoms with E-state index in [9.17, 15) is 0 Å². The van der Waals surface area contributed by atoms with Crippen molar-refractivity contribution in [1.82, 2.24) is 9.97 Å². The summed E-state index contributed by atoms with van der Waals surface area (Å²) in [5.41, 5.74) is 11.5. The topological polar surface area (TPSA) is 89.8 Å². The molecule has 0 radical (unpaired) electrons. The van der Waals surface area contributed by atoms with Gasteiger partial charge in [0.1, 0.15) is 5.69 Å². The van der Waals surface area contributed by atoms with Crippen molar-refractivity contribution >= 4 is 29.1 Å². The lowest BCUT2D eigenvalue weighted by Gasteiger charge is -2.08. The normalized spacial score (nSPS) is 15.5. The van der Waals surface area contributed by atoms with Crippen LogP contribution in [0, 0.1) is 5.92 Å². The van der Waals surface area contributed by atoms with Crippen LogP contribution < -0.4 is 16.8 Å². The van der Waals surface area contributed by atoms with Crippen molar-refractivity contribution in [2.45, 2.75) is 12.8 Å². The molecule has 0 atom stereocenters. The summed E-state index contributed by atoms with van der Waals surface area (Å²) in [5, 5.41) is 3.32. The molecule has 1 heterocycles. The molecule has 76 valence electrons. The second-order valence-electron chi connectivity index (χ2n) is 3.46. The quantitative estimate of drug-likeness (QED) is 0.655. The van der Waals surface area contributed by atoms with Crippen LogP contribution in [0.3, 0.4) is 0 Å². The maximum Gasteiger partial charge on any atom is 0.223 e. The molecular weight excluding hydrogens is 202 g/mol. The predicted octanol–water partition coefficient (Wildman–Crippen LogP) is 1.12. The van der Waals surface area contributed by atoms with Crippen LogP contribution in [0.25, 0.3) is 0 Å². The van der Waals surface area contributed by atoms with Gasteiger partial charge in [-0.15, -0.1) is 0 Å². The Morgan fingerprint density at radius 2 is 2.07 bits per heavy atom. The molecule has 6 heteroatoms. The molecule has 0 amide bonds. The minimum atomic E-state index is 0.141. The summed E-state index contributed by atoms with van der Waals surface area (Å²) in [4.78, 5) is 7.72. The van der Waals surface area contributed by atoms with Gasteiger partial charge in [0.2, 0.25) is 5.95 Å². The fraction of sp³-hybridized carbons (Fsp3) is 0.500. The first-order chi connectivity index (χ1) is 6.66. The molecule has 5 N–H and O–H groups in total. The van der Waals surface area contributed by atoms with Gasteiger partial charge in [0.05, 0.1) is 0 Å². The first kappa shape index (κ1) is 9.33. The molecule has 1 fully saturated rings. The third-order valence-electron chi connectivity index (χ3n) is 2.17. The van der Waals surface area contributed by atoms with Gasteiger partial charge in [0.25, 0.3) is 0 Å². The largest absolute Gasteiger partial charge is 0.393 e. The third-order valence-corrected chi connectivity index (χ3v) is 2.46. The zero-order chi connectivity index (χ0) is 10.1. The molecule has 2 rings (SSSR count). The maximum atomic E-state index is 5.75. The summed E-state index contributed by atoms with van der Waals surface area (Å²) in [7, 11) is 0. The van der Waals surface area contributed by atoms with E-state index >= 15 is 0 Å². The van der Waals surface area contributed by atoms with Crippen molar-refractivity contribution in [3.05, 3.63) is 5.15 Å². The monoisotopic (exact) mass is 213 g/mol. The second kappa shape index (κ2) is 3.49. The molecule has 5 nitrogen and oxygen atoms in total. The lowest BCUT2D eigenvalue weighted by molar-refractivity contribution is 0.882. The van der Waals surface area contributed by atoms with Crippen LogP contribution in [0.15, 0.2) is 0 Å². The van der Waals surface area contributed by atoms with Gasteiger partial charge >= 0.3 is 0 Å². The molecule has 1 aromatic heterocycles. The van der Waals surface area contributed by atoms with E-state index in [-0.39, 0.29) is 11.1 Å². The lowest BCUT2D eigenvalue weighted by Crippen LogP contribution is -2.10. The third kappa shape index (κ3) is 1.98. The van der Waals surface area contributed by atoms with Crippen LogP contribution in [-0.4, -0.2) is 16.5 Å². The SMILES string of the molecule is Nc1nc(Cl)c(N)c(NCC2CC2)n1. The average Bonchev–Trinajstić information content (AvgIpc) is 2.92. The number of hydrogen-bond acceptors (Lipinski definition) is 5. The van der Waals surface area contributed by atoms with Crippen LogP contribution in [0.2, 0.25) is 5.15 Å². The Balaban J connectivity index is 2.13. The second-order valence-corrected chi connectivity index (χ2v) is 3.82. The van der Waals surface area contributed by atoms with Crippen molar-refractivity contribution < 1.29 is 0 Å². The number of anilines is 3. The van der Waals surface area contributed by atoms with Gasteiger partial charge in [-0.05, 0) is 18.8 Å². The van der Waals surface area contributed by atoms with Gasteiger partial charge in [-0.1, -0.05) is 11.6 Å². The van der Waals surface area contributed by atoms with Gasteiger partial charge in [-0.2, -0.15) is 9.97 Å². The first-order valence-corrected chi connectivity index (χ1v) is 4.87. The summed E-state index contributed by atoms with van der Waals surface area (Å²) >= 11 is 5.75. The molecule has 14 heavy (non-hydrogen) atoms. The molecule has 1 aliphatic rings. The molecule has 1 aromatic rings. The summed E-state index contributed by atoms with van der Waals surface area (Å²) in [6.07, 6.45) is 2.53. The first-order valence-electron chi connectivity index (χ1n) is 4.49. The highest BCUT2D eigenvalue weighted by Crippen LogP contribution is 2.30. The molecule has 0 aliphatic heterocycles. The highest BCUT2D eigenvalue weighted by molar-refractivity contribution is 6.32. The number of nitrogen functional groups attached to an aromatic ring is 2. The molecule has 0 saturated heterocycles. The van der Waals surface area contributed by atoms with Gasteiger partial charge < -0.3 is 16.8 Å². The summed E-state index contributed by atoms with van der Waals surface area (Å²) < 4.78 is 0. The van der Waals surface area contributed by atoms with E-state index in [0.29, 0.717) is 11.5 Å². The average molecular weight is 214 g/mol. The van der Waals surface area contributed by atoms with Crippen LogP contribution >= 0.6 is 11.6 Å². The van der Waals surface area contributed by atoms with Crippen LogP contribution in [0.1, 0.15) is 12.8 Å². The smallest absolute Gasteiger partial charge is 0.223 e. The zero-order valence-electron chi connectivity index (χ0n) is 7.63. The summed E-state index contributed by atoms with van der Waals surface area (Å²) in [5.74, 6) is 1.42. The lowest BCUT2D eigenvalue weighted by atomic mass is 10.4. The molecule has 0 bridgehead atoms. The van der Waals surface area contributed by atoms with Crippen molar-refractivity contribution in [3.8, 4) is 0 Å². The number of aromatic nitrogens is 2.